The average Bonchev–Trinajstić information content (AvgIpc) is 2.37. The third kappa shape index (κ3) is 2.36. The van der Waals surface area contributed by atoms with Gasteiger partial charge in [-0.15, -0.1) is 0 Å². The van der Waals surface area contributed by atoms with Crippen molar-refractivity contribution in [2.24, 2.45) is 0 Å². The zero-order chi connectivity index (χ0) is 12.3. The molecule has 1 unspecified atom stereocenters. The fraction of sp³-hybridized carbons (Fsp3) is 0.286. The second-order valence-electron chi connectivity index (χ2n) is 4.18. The Morgan fingerprint density at radius 1 is 1.29 bits per heavy atom. The first-order valence-electron chi connectivity index (χ1n) is 5.68. The summed E-state index contributed by atoms with van der Waals surface area (Å²) in [7, 11) is 1.97. The molecule has 0 aliphatic heterocycles. The van der Waals surface area contributed by atoms with Crippen LogP contribution in [0.1, 0.15) is 13.3 Å². The molecular weight excluding hydrogens is 210 g/mol. The second kappa shape index (κ2) is 4.84. The van der Waals surface area contributed by atoms with E-state index in [9.17, 15) is 0 Å². The maximum Gasteiger partial charge on any atom is 0.129 e. The summed E-state index contributed by atoms with van der Waals surface area (Å²) >= 11 is 0. The molecule has 0 radical (unpaired) electrons. The van der Waals surface area contributed by atoms with Gasteiger partial charge in [-0.3, -0.25) is 0 Å². The van der Waals surface area contributed by atoms with Crippen molar-refractivity contribution in [3.8, 4) is 6.07 Å². The lowest BCUT2D eigenvalue weighted by Gasteiger charge is -2.24. The molecule has 17 heavy (non-hydrogen) atoms. The van der Waals surface area contributed by atoms with Gasteiger partial charge in [0.1, 0.15) is 5.82 Å². The molecule has 0 fully saturated rings. The van der Waals surface area contributed by atoms with Crippen LogP contribution in [0.3, 0.4) is 0 Å². The number of anilines is 1. The lowest BCUT2D eigenvalue weighted by molar-refractivity contribution is 0.695. The van der Waals surface area contributed by atoms with Crippen LogP contribution in [0.15, 0.2) is 36.4 Å². The molecule has 0 saturated carbocycles. The molecule has 3 nitrogen and oxygen atoms in total. The van der Waals surface area contributed by atoms with Crippen molar-refractivity contribution in [2.75, 3.05) is 11.9 Å². The number of hydrogen-bond acceptors (Lipinski definition) is 3. The van der Waals surface area contributed by atoms with Crippen LogP contribution >= 0.6 is 0 Å². The molecule has 0 N–H and O–H groups in total. The molecule has 3 heteroatoms. The summed E-state index contributed by atoms with van der Waals surface area (Å²) in [6.45, 7) is 2.03. The summed E-state index contributed by atoms with van der Waals surface area (Å²) < 4.78 is 0. The fourth-order valence-electron chi connectivity index (χ4n) is 1.75. The molecule has 1 atom stereocenters. The molecule has 1 aromatic heterocycles. The number of nitriles is 1. The maximum atomic E-state index is 8.71. The first-order chi connectivity index (χ1) is 8.22. The minimum absolute atomic E-state index is 0.175. The summed E-state index contributed by atoms with van der Waals surface area (Å²) in [5.41, 5.74) is 0.987. The molecule has 2 rings (SSSR count). The SMILES string of the molecule is CC(CC#N)N(C)c1ccc2ccccc2n1. The number of rotatable bonds is 3. The summed E-state index contributed by atoms with van der Waals surface area (Å²) in [5, 5.41) is 9.84. The van der Waals surface area contributed by atoms with Gasteiger partial charge in [-0.2, -0.15) is 5.26 Å². The van der Waals surface area contributed by atoms with Gasteiger partial charge in [0.15, 0.2) is 0 Å². The van der Waals surface area contributed by atoms with E-state index in [1.165, 1.54) is 0 Å². The minimum atomic E-state index is 0.175. The minimum Gasteiger partial charge on any atom is -0.356 e. The average molecular weight is 225 g/mol. The van der Waals surface area contributed by atoms with E-state index in [-0.39, 0.29) is 6.04 Å². The van der Waals surface area contributed by atoms with Gasteiger partial charge in [0.05, 0.1) is 18.0 Å². The molecule has 0 saturated heterocycles. The number of benzene rings is 1. The summed E-state index contributed by atoms with van der Waals surface area (Å²) in [5.74, 6) is 0.909. The van der Waals surface area contributed by atoms with Gasteiger partial charge in [0.2, 0.25) is 0 Å². The van der Waals surface area contributed by atoms with E-state index in [0.29, 0.717) is 6.42 Å². The topological polar surface area (TPSA) is 39.9 Å². The van der Waals surface area contributed by atoms with Crippen LogP contribution in [-0.4, -0.2) is 18.1 Å². The molecule has 0 aliphatic rings. The van der Waals surface area contributed by atoms with E-state index in [4.69, 9.17) is 5.26 Å². The normalized spacial score (nSPS) is 12.1. The van der Waals surface area contributed by atoms with Crippen molar-refractivity contribution in [3.05, 3.63) is 36.4 Å². The third-order valence-corrected chi connectivity index (χ3v) is 2.99. The van der Waals surface area contributed by atoms with Crippen LogP contribution in [-0.2, 0) is 0 Å². The van der Waals surface area contributed by atoms with Gasteiger partial charge in [0, 0.05) is 18.5 Å². The highest BCUT2D eigenvalue weighted by molar-refractivity contribution is 5.80. The van der Waals surface area contributed by atoms with Gasteiger partial charge >= 0.3 is 0 Å². The Labute approximate surface area is 101 Å². The molecule has 2 aromatic rings. The number of aromatic nitrogens is 1. The Hall–Kier alpha value is -2.08. The predicted molar refractivity (Wildman–Crippen MR) is 69.8 cm³/mol. The van der Waals surface area contributed by atoms with Crippen molar-refractivity contribution >= 4 is 16.7 Å². The smallest absolute Gasteiger partial charge is 0.129 e. The zero-order valence-electron chi connectivity index (χ0n) is 10.1. The molecule has 86 valence electrons. The molecule has 0 amide bonds. The third-order valence-electron chi connectivity index (χ3n) is 2.99. The Bertz CT molecular complexity index is 557. The standard InChI is InChI=1S/C14H15N3/c1-11(9-10-15)17(2)14-8-7-12-5-3-4-6-13(12)16-14/h3-8,11H,9H2,1-2H3. The van der Waals surface area contributed by atoms with Crippen molar-refractivity contribution in [1.82, 2.24) is 4.98 Å². The van der Waals surface area contributed by atoms with E-state index >= 15 is 0 Å². The van der Waals surface area contributed by atoms with Gasteiger partial charge in [-0.05, 0) is 25.1 Å². The van der Waals surface area contributed by atoms with E-state index in [2.05, 4.69) is 17.1 Å². The number of pyridine rings is 1. The highest BCUT2D eigenvalue weighted by Gasteiger charge is 2.10. The first-order valence-corrected chi connectivity index (χ1v) is 5.68. The molecule has 0 aliphatic carbocycles. The highest BCUT2D eigenvalue weighted by atomic mass is 15.2. The monoisotopic (exact) mass is 225 g/mol. The number of hydrogen-bond donors (Lipinski definition) is 0. The number of nitrogens with zero attached hydrogens (tertiary/aromatic N) is 3. The molecule has 1 heterocycles. The van der Waals surface area contributed by atoms with Crippen LogP contribution in [0, 0.1) is 11.3 Å². The Morgan fingerprint density at radius 2 is 2.06 bits per heavy atom. The Morgan fingerprint density at radius 3 is 2.82 bits per heavy atom. The van der Waals surface area contributed by atoms with Crippen molar-refractivity contribution < 1.29 is 0 Å². The summed E-state index contributed by atoms with van der Waals surface area (Å²) in [6, 6.07) is 14.5. The maximum absolute atomic E-state index is 8.71. The van der Waals surface area contributed by atoms with Crippen LogP contribution in [0.2, 0.25) is 0 Å². The van der Waals surface area contributed by atoms with E-state index < -0.39 is 0 Å². The molecule has 1 aromatic carbocycles. The number of para-hydroxylation sites is 1. The summed E-state index contributed by atoms with van der Waals surface area (Å²) in [4.78, 5) is 6.63. The lowest BCUT2D eigenvalue weighted by Crippen LogP contribution is -2.29. The van der Waals surface area contributed by atoms with E-state index in [1.807, 2.05) is 49.2 Å². The van der Waals surface area contributed by atoms with E-state index in [1.54, 1.807) is 0 Å². The first kappa shape index (κ1) is 11.4. The highest BCUT2D eigenvalue weighted by Crippen LogP contribution is 2.18. The Balaban J connectivity index is 2.33. The van der Waals surface area contributed by atoms with Crippen molar-refractivity contribution in [2.45, 2.75) is 19.4 Å². The largest absolute Gasteiger partial charge is 0.356 e. The van der Waals surface area contributed by atoms with Crippen LogP contribution in [0.4, 0.5) is 5.82 Å². The molecular formula is C14H15N3. The summed E-state index contributed by atoms with van der Waals surface area (Å²) in [6.07, 6.45) is 0.505. The van der Waals surface area contributed by atoms with Crippen LogP contribution < -0.4 is 4.90 Å². The fourth-order valence-corrected chi connectivity index (χ4v) is 1.75. The second-order valence-corrected chi connectivity index (χ2v) is 4.18. The van der Waals surface area contributed by atoms with Crippen LogP contribution in [0.5, 0.6) is 0 Å². The van der Waals surface area contributed by atoms with Crippen LogP contribution in [0.25, 0.3) is 10.9 Å². The van der Waals surface area contributed by atoms with Gasteiger partial charge < -0.3 is 4.90 Å². The number of fused-ring (bicyclic) bond motifs is 1. The predicted octanol–water partition coefficient (Wildman–Crippen LogP) is 2.97. The molecule has 0 spiro atoms. The van der Waals surface area contributed by atoms with E-state index in [0.717, 1.165) is 16.7 Å². The van der Waals surface area contributed by atoms with Crippen molar-refractivity contribution in [1.29, 1.82) is 5.26 Å². The van der Waals surface area contributed by atoms with Gasteiger partial charge in [-0.1, -0.05) is 18.2 Å². The van der Waals surface area contributed by atoms with Gasteiger partial charge in [-0.25, -0.2) is 4.98 Å². The Kier molecular flexibility index (Phi) is 3.24. The zero-order valence-corrected chi connectivity index (χ0v) is 10.1. The lowest BCUT2D eigenvalue weighted by atomic mass is 10.2. The van der Waals surface area contributed by atoms with Crippen molar-refractivity contribution in [3.63, 3.8) is 0 Å². The molecule has 0 bridgehead atoms. The quantitative estimate of drug-likeness (QED) is 0.806. The van der Waals surface area contributed by atoms with Gasteiger partial charge in [0.25, 0.3) is 0 Å².